The molecule has 2 aliphatic rings. The number of thiocarbonyl (C=S) groups is 1. The molecule has 0 spiro atoms. The van der Waals surface area contributed by atoms with E-state index in [2.05, 4.69) is 71.5 Å². The van der Waals surface area contributed by atoms with E-state index >= 15 is 0 Å². The molecule has 5 heteroatoms. The Morgan fingerprint density at radius 3 is 2.92 bits per heavy atom. The Balaban J connectivity index is 1.59. The second kappa shape index (κ2) is 7.05. The largest absolute Gasteiger partial charge is 0.362 e. The van der Waals surface area contributed by atoms with E-state index in [1.807, 2.05) is 0 Å². The zero-order chi connectivity index (χ0) is 18.3. The molecular weight excluding hydrogens is 340 g/mol. The minimum Gasteiger partial charge on any atom is -0.362 e. The fraction of sp³-hybridized carbons (Fsp3) is 0.476. The smallest absolute Gasteiger partial charge is 0.168 e. The zero-order valence-corrected chi connectivity index (χ0v) is 16.7. The van der Waals surface area contributed by atoms with Crippen LogP contribution in [0, 0.1) is 5.92 Å². The number of nitrogens with one attached hydrogen (secondary N) is 2. The number of fused-ring (bicyclic) bond motifs is 2. The standard InChI is InChI=1S/C21H28N4S/c1-4-25(5-2)21(26)23-11-14-9-17-16-7-6-8-18-20(16)15(12-22-18)10-19(17)24(3)13-14/h6-9,12,14,19,22H,4-5,10-11,13H2,1-3H3,(H,23,26)/t14-,19-/m1/s1. The molecule has 0 radical (unpaired) electrons. The van der Waals surface area contributed by atoms with Gasteiger partial charge in [-0.05, 0) is 62.3 Å². The third-order valence-electron chi connectivity index (χ3n) is 5.91. The van der Waals surface area contributed by atoms with Crippen LogP contribution >= 0.6 is 12.2 Å². The van der Waals surface area contributed by atoms with Gasteiger partial charge in [-0.15, -0.1) is 0 Å². The van der Waals surface area contributed by atoms with Gasteiger partial charge in [-0.1, -0.05) is 18.2 Å². The van der Waals surface area contributed by atoms with Crippen LogP contribution in [0.15, 0.2) is 30.5 Å². The minimum absolute atomic E-state index is 0.468. The average molecular weight is 369 g/mol. The van der Waals surface area contributed by atoms with Crippen LogP contribution in [0.3, 0.4) is 0 Å². The van der Waals surface area contributed by atoms with Crippen molar-refractivity contribution in [2.24, 2.45) is 5.92 Å². The highest BCUT2D eigenvalue weighted by Crippen LogP contribution is 2.40. The lowest BCUT2D eigenvalue weighted by Crippen LogP contribution is -2.47. The fourth-order valence-corrected chi connectivity index (χ4v) is 4.86. The number of rotatable bonds is 4. The van der Waals surface area contributed by atoms with Crippen LogP contribution in [0.25, 0.3) is 16.5 Å². The van der Waals surface area contributed by atoms with Crippen molar-refractivity contribution in [2.45, 2.75) is 26.3 Å². The van der Waals surface area contributed by atoms with Crippen LogP contribution in [0.5, 0.6) is 0 Å². The predicted octanol–water partition coefficient (Wildman–Crippen LogP) is 3.25. The van der Waals surface area contributed by atoms with E-state index < -0.39 is 0 Å². The second-order valence-electron chi connectivity index (χ2n) is 7.44. The van der Waals surface area contributed by atoms with E-state index in [9.17, 15) is 0 Å². The molecule has 1 aromatic carbocycles. The average Bonchev–Trinajstić information content (AvgIpc) is 3.06. The summed E-state index contributed by atoms with van der Waals surface area (Å²) in [7, 11) is 2.26. The van der Waals surface area contributed by atoms with E-state index in [-0.39, 0.29) is 0 Å². The number of hydrogen-bond acceptors (Lipinski definition) is 2. The summed E-state index contributed by atoms with van der Waals surface area (Å²) in [5.74, 6) is 0.468. The van der Waals surface area contributed by atoms with E-state index in [4.69, 9.17) is 12.2 Å². The molecule has 0 fully saturated rings. The first-order valence-electron chi connectivity index (χ1n) is 9.66. The molecule has 138 valence electrons. The van der Waals surface area contributed by atoms with Crippen LogP contribution in [0.4, 0.5) is 0 Å². The molecule has 1 aromatic heterocycles. The molecular formula is C21H28N4S. The SMILES string of the molecule is CCN(CC)C(=S)NC[C@H]1C=C2c3cccc4[nH]cc(c34)C[C@H]2N(C)C1. The fourth-order valence-electron chi connectivity index (χ4n) is 4.52. The minimum atomic E-state index is 0.468. The predicted molar refractivity (Wildman–Crippen MR) is 113 cm³/mol. The Morgan fingerprint density at radius 2 is 2.15 bits per heavy atom. The molecule has 0 saturated heterocycles. The molecule has 1 aliphatic carbocycles. The summed E-state index contributed by atoms with van der Waals surface area (Å²) in [4.78, 5) is 8.15. The Bertz CT molecular complexity index is 849. The van der Waals surface area contributed by atoms with E-state index in [1.54, 1.807) is 0 Å². The van der Waals surface area contributed by atoms with Crippen molar-refractivity contribution in [3.63, 3.8) is 0 Å². The molecule has 2 heterocycles. The lowest BCUT2D eigenvalue weighted by atomic mass is 9.80. The normalized spacial score (nSPS) is 22.0. The van der Waals surface area contributed by atoms with Gasteiger partial charge in [0.05, 0.1) is 0 Å². The van der Waals surface area contributed by atoms with Gasteiger partial charge >= 0.3 is 0 Å². The number of H-pyrrole nitrogens is 1. The van der Waals surface area contributed by atoms with Crippen molar-refractivity contribution in [3.05, 3.63) is 41.6 Å². The first kappa shape index (κ1) is 17.6. The Kier molecular flexibility index (Phi) is 4.76. The van der Waals surface area contributed by atoms with Gasteiger partial charge < -0.3 is 15.2 Å². The van der Waals surface area contributed by atoms with Crippen LogP contribution in [-0.4, -0.2) is 59.2 Å². The maximum atomic E-state index is 5.56. The van der Waals surface area contributed by atoms with Gasteiger partial charge in [0.15, 0.2) is 5.11 Å². The quantitative estimate of drug-likeness (QED) is 0.812. The summed E-state index contributed by atoms with van der Waals surface area (Å²) in [6.07, 6.45) is 5.78. The molecule has 0 unspecified atom stereocenters. The maximum Gasteiger partial charge on any atom is 0.168 e. The summed E-state index contributed by atoms with van der Waals surface area (Å²) in [5, 5.41) is 5.77. The van der Waals surface area contributed by atoms with Gasteiger partial charge in [0.25, 0.3) is 0 Å². The summed E-state index contributed by atoms with van der Waals surface area (Å²) in [5.41, 5.74) is 5.58. The first-order chi connectivity index (χ1) is 12.6. The lowest BCUT2D eigenvalue weighted by Gasteiger charge is -2.40. The van der Waals surface area contributed by atoms with E-state index in [0.29, 0.717) is 12.0 Å². The number of benzene rings is 1. The van der Waals surface area contributed by atoms with Crippen molar-refractivity contribution in [1.82, 2.24) is 20.1 Å². The van der Waals surface area contributed by atoms with Crippen LogP contribution < -0.4 is 5.32 Å². The third-order valence-corrected chi connectivity index (χ3v) is 6.31. The molecule has 4 nitrogen and oxygen atoms in total. The number of likely N-dealkylation sites (N-methyl/N-ethyl adjacent to an activating group) is 1. The molecule has 2 N–H and O–H groups in total. The maximum absolute atomic E-state index is 5.56. The number of aromatic amines is 1. The van der Waals surface area contributed by atoms with E-state index in [1.165, 1.54) is 27.6 Å². The zero-order valence-electron chi connectivity index (χ0n) is 15.9. The monoisotopic (exact) mass is 368 g/mol. The highest BCUT2D eigenvalue weighted by molar-refractivity contribution is 7.80. The lowest BCUT2D eigenvalue weighted by molar-refractivity contribution is 0.244. The Morgan fingerprint density at radius 1 is 1.35 bits per heavy atom. The van der Waals surface area contributed by atoms with Crippen molar-refractivity contribution in [3.8, 4) is 0 Å². The number of nitrogens with zero attached hydrogens (tertiary/aromatic N) is 2. The van der Waals surface area contributed by atoms with Crippen molar-refractivity contribution >= 4 is 33.8 Å². The molecule has 0 saturated carbocycles. The van der Waals surface area contributed by atoms with Gasteiger partial charge in [0.1, 0.15) is 0 Å². The number of aromatic nitrogens is 1. The van der Waals surface area contributed by atoms with Crippen LogP contribution in [0.1, 0.15) is 25.0 Å². The van der Waals surface area contributed by atoms with Crippen molar-refractivity contribution < 1.29 is 0 Å². The van der Waals surface area contributed by atoms with Gasteiger partial charge in [0, 0.05) is 55.2 Å². The van der Waals surface area contributed by atoms with Gasteiger partial charge in [0.2, 0.25) is 0 Å². The molecule has 0 amide bonds. The number of hydrogen-bond donors (Lipinski definition) is 2. The highest BCUT2D eigenvalue weighted by Gasteiger charge is 2.33. The van der Waals surface area contributed by atoms with Crippen molar-refractivity contribution in [1.29, 1.82) is 0 Å². The van der Waals surface area contributed by atoms with Crippen LogP contribution in [0.2, 0.25) is 0 Å². The third kappa shape index (κ3) is 2.93. The highest BCUT2D eigenvalue weighted by atomic mass is 32.1. The summed E-state index contributed by atoms with van der Waals surface area (Å²) < 4.78 is 0. The second-order valence-corrected chi connectivity index (χ2v) is 7.83. The molecule has 1 aliphatic heterocycles. The first-order valence-corrected chi connectivity index (χ1v) is 10.1. The van der Waals surface area contributed by atoms with Gasteiger partial charge in [-0.2, -0.15) is 0 Å². The summed E-state index contributed by atoms with van der Waals surface area (Å²) in [6, 6.07) is 7.10. The Labute approximate surface area is 161 Å². The molecule has 26 heavy (non-hydrogen) atoms. The molecule has 4 rings (SSSR count). The molecule has 2 aromatic rings. The summed E-state index contributed by atoms with van der Waals surface area (Å²) in [6.45, 7) is 8.16. The van der Waals surface area contributed by atoms with E-state index in [0.717, 1.165) is 37.7 Å². The Hall–Kier alpha value is -1.85. The van der Waals surface area contributed by atoms with Gasteiger partial charge in [-0.3, -0.25) is 4.90 Å². The molecule has 2 atom stereocenters. The van der Waals surface area contributed by atoms with Crippen LogP contribution in [-0.2, 0) is 6.42 Å². The topological polar surface area (TPSA) is 34.3 Å². The molecule has 0 bridgehead atoms. The van der Waals surface area contributed by atoms with Crippen molar-refractivity contribution in [2.75, 3.05) is 33.2 Å². The van der Waals surface area contributed by atoms with Gasteiger partial charge in [-0.25, -0.2) is 0 Å². The summed E-state index contributed by atoms with van der Waals surface area (Å²) >= 11 is 5.56.